The molecule has 0 aromatic carbocycles. The Hall–Kier alpha value is -0.390. The van der Waals surface area contributed by atoms with E-state index in [2.05, 4.69) is 15.9 Å². The smallest absolute Gasteiger partial charge is 0.332 e. The second kappa shape index (κ2) is 7.13. The average molecular weight is 321 g/mol. The van der Waals surface area contributed by atoms with Gasteiger partial charge in [0.05, 0.1) is 12.7 Å². The second-order valence-electron chi connectivity index (χ2n) is 4.16. The summed E-state index contributed by atoms with van der Waals surface area (Å²) in [4.78, 5) is 12.4. The van der Waals surface area contributed by atoms with Crippen molar-refractivity contribution in [1.29, 1.82) is 0 Å². The molecule has 1 aromatic rings. The number of hydrogen-bond donors (Lipinski definition) is 0. The fourth-order valence-corrected chi connectivity index (χ4v) is 2.87. The minimum Gasteiger partial charge on any atom is -0.464 e. The molecule has 96 valence electrons. The van der Waals surface area contributed by atoms with E-state index < -0.39 is 0 Å². The van der Waals surface area contributed by atoms with Crippen LogP contribution in [0.1, 0.15) is 31.8 Å². The maximum absolute atomic E-state index is 11.4. The molecule has 0 bridgehead atoms. The van der Waals surface area contributed by atoms with Gasteiger partial charge in [-0.05, 0) is 40.2 Å². The Morgan fingerprint density at radius 3 is 2.71 bits per heavy atom. The minimum atomic E-state index is -0.307. The van der Waals surface area contributed by atoms with Gasteiger partial charge < -0.3 is 9.47 Å². The molecule has 0 fully saturated rings. The summed E-state index contributed by atoms with van der Waals surface area (Å²) in [5.74, 6) is 0.0426. The lowest BCUT2D eigenvalue weighted by molar-refractivity contribution is -0.151. The molecule has 1 rings (SSSR count). The van der Waals surface area contributed by atoms with E-state index >= 15 is 0 Å². The number of esters is 1. The van der Waals surface area contributed by atoms with Crippen molar-refractivity contribution in [2.45, 2.75) is 26.9 Å². The van der Waals surface area contributed by atoms with E-state index in [4.69, 9.17) is 9.47 Å². The van der Waals surface area contributed by atoms with Crippen molar-refractivity contribution in [2.24, 2.45) is 5.92 Å². The standard InChI is InChI=1S/C12H17BrO3S/c1-8(2)6-16-11(14)7-15-9(3)12-10(13)4-5-17-12/h4-5,8-9H,6-7H2,1-3H3. The molecule has 0 amide bonds. The summed E-state index contributed by atoms with van der Waals surface area (Å²) in [6, 6.07) is 1.97. The van der Waals surface area contributed by atoms with Gasteiger partial charge in [-0.2, -0.15) is 0 Å². The monoisotopic (exact) mass is 320 g/mol. The molecule has 0 aliphatic heterocycles. The summed E-state index contributed by atoms with van der Waals surface area (Å²) < 4.78 is 11.5. The highest BCUT2D eigenvalue weighted by atomic mass is 79.9. The van der Waals surface area contributed by atoms with Crippen molar-refractivity contribution in [1.82, 2.24) is 0 Å². The highest BCUT2D eigenvalue weighted by molar-refractivity contribution is 9.10. The number of halogens is 1. The highest BCUT2D eigenvalue weighted by Gasteiger charge is 2.13. The van der Waals surface area contributed by atoms with Gasteiger partial charge in [-0.15, -0.1) is 11.3 Å². The first kappa shape index (κ1) is 14.7. The molecule has 3 nitrogen and oxygen atoms in total. The van der Waals surface area contributed by atoms with E-state index in [0.717, 1.165) is 9.35 Å². The van der Waals surface area contributed by atoms with Crippen molar-refractivity contribution in [3.63, 3.8) is 0 Å². The molecule has 0 aliphatic rings. The fourth-order valence-electron chi connectivity index (χ4n) is 1.17. The Morgan fingerprint density at radius 2 is 2.18 bits per heavy atom. The average Bonchev–Trinajstić information content (AvgIpc) is 2.69. The Morgan fingerprint density at radius 1 is 1.47 bits per heavy atom. The molecule has 1 atom stereocenters. The number of rotatable bonds is 6. The molecule has 17 heavy (non-hydrogen) atoms. The number of ether oxygens (including phenoxy) is 2. The molecule has 0 aliphatic carbocycles. The van der Waals surface area contributed by atoms with Crippen LogP contribution in [0, 0.1) is 5.92 Å². The van der Waals surface area contributed by atoms with Gasteiger partial charge >= 0.3 is 5.97 Å². The second-order valence-corrected chi connectivity index (χ2v) is 5.96. The van der Waals surface area contributed by atoms with Crippen LogP contribution in [-0.2, 0) is 14.3 Å². The molecule has 0 spiro atoms. The Bertz CT molecular complexity index is 362. The zero-order chi connectivity index (χ0) is 12.8. The predicted molar refractivity (Wildman–Crippen MR) is 72.2 cm³/mol. The summed E-state index contributed by atoms with van der Waals surface area (Å²) in [6.07, 6.45) is -0.101. The summed E-state index contributed by atoms with van der Waals surface area (Å²) in [7, 11) is 0. The van der Waals surface area contributed by atoms with Gasteiger partial charge in [0, 0.05) is 9.35 Å². The lowest BCUT2D eigenvalue weighted by Gasteiger charge is -2.12. The van der Waals surface area contributed by atoms with Gasteiger partial charge in [0.2, 0.25) is 0 Å². The number of carbonyl (C=O) groups excluding carboxylic acids is 1. The van der Waals surface area contributed by atoms with Gasteiger partial charge in [0.1, 0.15) is 6.61 Å². The van der Waals surface area contributed by atoms with Gasteiger partial charge in [-0.25, -0.2) is 4.79 Å². The lowest BCUT2D eigenvalue weighted by atomic mass is 10.2. The first-order valence-corrected chi connectivity index (χ1v) is 7.18. The van der Waals surface area contributed by atoms with Crippen LogP contribution in [0.15, 0.2) is 15.9 Å². The van der Waals surface area contributed by atoms with Crippen LogP contribution >= 0.6 is 27.3 Å². The van der Waals surface area contributed by atoms with Gasteiger partial charge in [0.15, 0.2) is 0 Å². The lowest BCUT2D eigenvalue weighted by Crippen LogP contribution is -2.16. The van der Waals surface area contributed by atoms with Crippen LogP contribution in [0.2, 0.25) is 0 Å². The molecule has 0 N–H and O–H groups in total. The first-order chi connectivity index (χ1) is 8.00. The van der Waals surface area contributed by atoms with Crippen LogP contribution < -0.4 is 0 Å². The normalized spacial score (nSPS) is 12.8. The summed E-state index contributed by atoms with van der Waals surface area (Å²) >= 11 is 5.04. The zero-order valence-corrected chi connectivity index (χ0v) is 12.6. The first-order valence-electron chi connectivity index (χ1n) is 5.50. The van der Waals surface area contributed by atoms with Crippen LogP contribution in [-0.4, -0.2) is 19.2 Å². The Labute approximate surface area is 114 Å². The quantitative estimate of drug-likeness (QED) is 0.748. The van der Waals surface area contributed by atoms with Crippen LogP contribution in [0.5, 0.6) is 0 Å². The number of thiophene rings is 1. The molecule has 1 heterocycles. The van der Waals surface area contributed by atoms with E-state index in [-0.39, 0.29) is 18.7 Å². The fraction of sp³-hybridized carbons (Fsp3) is 0.583. The molecule has 1 unspecified atom stereocenters. The molecule has 0 saturated carbocycles. The zero-order valence-electron chi connectivity index (χ0n) is 10.2. The van der Waals surface area contributed by atoms with Crippen LogP contribution in [0.3, 0.4) is 0 Å². The summed E-state index contributed by atoms with van der Waals surface area (Å²) in [5, 5.41) is 1.98. The van der Waals surface area contributed by atoms with Crippen molar-refractivity contribution in [3.8, 4) is 0 Å². The molecule has 5 heteroatoms. The number of carbonyl (C=O) groups is 1. The van der Waals surface area contributed by atoms with Gasteiger partial charge in [0.25, 0.3) is 0 Å². The van der Waals surface area contributed by atoms with E-state index in [1.807, 2.05) is 32.2 Å². The highest BCUT2D eigenvalue weighted by Crippen LogP contribution is 2.30. The van der Waals surface area contributed by atoms with Crippen molar-refractivity contribution in [2.75, 3.05) is 13.2 Å². The molecule has 0 saturated heterocycles. The minimum absolute atomic E-state index is 0.00176. The summed E-state index contributed by atoms with van der Waals surface area (Å²) in [6.45, 7) is 6.36. The largest absolute Gasteiger partial charge is 0.464 e. The predicted octanol–water partition coefficient (Wildman–Crippen LogP) is 3.79. The third kappa shape index (κ3) is 5.19. The molecule has 0 radical (unpaired) electrons. The Kier molecular flexibility index (Phi) is 6.16. The summed E-state index contributed by atoms with van der Waals surface area (Å²) in [5.41, 5.74) is 0. The van der Waals surface area contributed by atoms with Gasteiger partial charge in [-0.1, -0.05) is 13.8 Å². The van der Waals surface area contributed by atoms with Crippen LogP contribution in [0.25, 0.3) is 0 Å². The van der Waals surface area contributed by atoms with Crippen molar-refractivity contribution < 1.29 is 14.3 Å². The Balaban J connectivity index is 2.31. The van der Waals surface area contributed by atoms with E-state index in [1.54, 1.807) is 11.3 Å². The maximum atomic E-state index is 11.4. The number of hydrogen-bond acceptors (Lipinski definition) is 4. The van der Waals surface area contributed by atoms with Crippen molar-refractivity contribution in [3.05, 3.63) is 20.8 Å². The maximum Gasteiger partial charge on any atom is 0.332 e. The van der Waals surface area contributed by atoms with Gasteiger partial charge in [-0.3, -0.25) is 0 Å². The topological polar surface area (TPSA) is 35.5 Å². The third-order valence-corrected chi connectivity index (χ3v) is 4.07. The van der Waals surface area contributed by atoms with E-state index in [0.29, 0.717) is 12.5 Å². The molecular formula is C12H17BrO3S. The van der Waals surface area contributed by atoms with Crippen LogP contribution in [0.4, 0.5) is 0 Å². The van der Waals surface area contributed by atoms with E-state index in [9.17, 15) is 4.79 Å². The van der Waals surface area contributed by atoms with E-state index in [1.165, 1.54) is 0 Å². The van der Waals surface area contributed by atoms with Crippen molar-refractivity contribution >= 4 is 33.2 Å². The SMILES string of the molecule is CC(C)COC(=O)COC(C)c1sccc1Br. The molecular weight excluding hydrogens is 304 g/mol. The molecule has 1 aromatic heterocycles. The third-order valence-electron chi connectivity index (χ3n) is 2.04.